The minimum Gasteiger partial charge on any atom is -0.497 e. The second kappa shape index (κ2) is 7.67. The molecule has 0 spiro atoms. The van der Waals surface area contributed by atoms with Crippen LogP contribution in [-0.4, -0.2) is 49.1 Å². The Hall–Kier alpha value is -3.80. The van der Waals surface area contributed by atoms with E-state index in [9.17, 15) is 14.4 Å². The fraction of sp³-hybridized carbons (Fsp3) is 0.250. The smallest absolute Gasteiger partial charge is 0.266 e. The van der Waals surface area contributed by atoms with Gasteiger partial charge in [-0.1, -0.05) is 0 Å². The number of aromatic nitrogens is 1. The first-order chi connectivity index (χ1) is 14.1. The van der Waals surface area contributed by atoms with Gasteiger partial charge in [-0.05, 0) is 24.3 Å². The summed E-state index contributed by atoms with van der Waals surface area (Å²) in [5.74, 6) is 0.324. The lowest BCUT2D eigenvalue weighted by Crippen LogP contribution is -2.49. The van der Waals surface area contributed by atoms with Gasteiger partial charge < -0.3 is 23.4 Å². The van der Waals surface area contributed by atoms with Crippen LogP contribution in [0.25, 0.3) is 11.7 Å². The number of halogens is 1. The Kier molecular flexibility index (Phi) is 4.91. The normalized spacial score (nSPS) is 14.0. The van der Waals surface area contributed by atoms with Gasteiger partial charge in [0.1, 0.15) is 17.6 Å². The molecule has 0 unspecified atom stereocenters. The van der Waals surface area contributed by atoms with Gasteiger partial charge in [-0.15, -0.1) is 0 Å². The zero-order valence-electron chi connectivity index (χ0n) is 15.6. The van der Waals surface area contributed by atoms with Crippen LogP contribution in [0, 0.1) is 17.1 Å². The summed E-state index contributed by atoms with van der Waals surface area (Å²) in [6, 6.07) is 9.58. The molecule has 3 aromatic rings. The molecule has 1 fully saturated rings. The van der Waals surface area contributed by atoms with Crippen LogP contribution in [0.3, 0.4) is 0 Å². The molecule has 0 aliphatic carbocycles. The highest BCUT2D eigenvalue weighted by Crippen LogP contribution is 2.29. The van der Waals surface area contributed by atoms with Crippen molar-refractivity contribution in [1.29, 1.82) is 5.26 Å². The average Bonchev–Trinajstić information content (AvgIpc) is 3.43. The number of piperazine rings is 1. The van der Waals surface area contributed by atoms with E-state index < -0.39 is 5.82 Å². The van der Waals surface area contributed by atoms with Gasteiger partial charge in [-0.3, -0.25) is 4.79 Å². The molecule has 3 heterocycles. The maximum atomic E-state index is 14.2. The summed E-state index contributed by atoms with van der Waals surface area (Å²) < 4.78 is 30.2. The van der Waals surface area contributed by atoms with Gasteiger partial charge in [0.05, 0.1) is 18.9 Å². The molecule has 1 aliphatic heterocycles. The molecule has 9 heteroatoms. The van der Waals surface area contributed by atoms with Crippen molar-refractivity contribution in [3.05, 3.63) is 53.7 Å². The lowest BCUT2D eigenvalue weighted by Gasteiger charge is -2.34. The second-order valence-electron chi connectivity index (χ2n) is 6.39. The minimum atomic E-state index is -0.623. The van der Waals surface area contributed by atoms with Crippen molar-refractivity contribution in [2.24, 2.45) is 0 Å². The number of rotatable bonds is 4. The molecule has 0 atom stereocenters. The minimum absolute atomic E-state index is 0.00302. The largest absolute Gasteiger partial charge is 0.497 e. The first-order valence-corrected chi connectivity index (χ1v) is 8.93. The first-order valence-electron chi connectivity index (χ1n) is 8.93. The van der Waals surface area contributed by atoms with E-state index in [1.54, 1.807) is 23.1 Å². The summed E-state index contributed by atoms with van der Waals surface area (Å²) in [4.78, 5) is 20.2. The van der Waals surface area contributed by atoms with Crippen LogP contribution >= 0.6 is 0 Å². The van der Waals surface area contributed by atoms with Crippen molar-refractivity contribution >= 4 is 11.8 Å². The number of carbonyl (C=O) groups is 1. The number of hydrogen-bond donors (Lipinski definition) is 0. The highest BCUT2D eigenvalue weighted by molar-refractivity contribution is 5.94. The van der Waals surface area contributed by atoms with E-state index >= 15 is 0 Å². The monoisotopic (exact) mass is 396 g/mol. The van der Waals surface area contributed by atoms with Gasteiger partial charge >= 0.3 is 0 Å². The fourth-order valence-corrected chi connectivity index (χ4v) is 3.18. The van der Waals surface area contributed by atoms with E-state index in [4.69, 9.17) is 13.6 Å². The highest BCUT2D eigenvalue weighted by atomic mass is 19.1. The summed E-state index contributed by atoms with van der Waals surface area (Å²) >= 11 is 0. The average molecular weight is 396 g/mol. The Bertz CT molecular complexity index is 1060. The van der Waals surface area contributed by atoms with Crippen molar-refractivity contribution in [3.63, 3.8) is 0 Å². The Labute approximate surface area is 165 Å². The lowest BCUT2D eigenvalue weighted by molar-refractivity contribution is 0.0740. The zero-order valence-corrected chi connectivity index (χ0v) is 15.6. The first kappa shape index (κ1) is 18.6. The summed E-state index contributed by atoms with van der Waals surface area (Å²) in [5.41, 5.74) is 0.147. The molecule has 1 amide bonds. The van der Waals surface area contributed by atoms with Crippen LogP contribution in [-0.2, 0) is 0 Å². The summed E-state index contributed by atoms with van der Waals surface area (Å²) in [6.07, 6.45) is 1.49. The lowest BCUT2D eigenvalue weighted by atomic mass is 10.1. The van der Waals surface area contributed by atoms with Crippen molar-refractivity contribution < 1.29 is 22.8 Å². The zero-order chi connectivity index (χ0) is 20.4. The predicted octanol–water partition coefficient (Wildman–Crippen LogP) is 2.92. The van der Waals surface area contributed by atoms with Crippen LogP contribution in [0.1, 0.15) is 16.1 Å². The molecule has 0 N–H and O–H groups in total. The topological polar surface area (TPSA) is 95.7 Å². The summed E-state index contributed by atoms with van der Waals surface area (Å²) in [5, 5.41) is 9.38. The number of benzene rings is 1. The quantitative estimate of drug-likeness (QED) is 0.669. The Morgan fingerprint density at radius 2 is 2.07 bits per heavy atom. The molecule has 29 heavy (non-hydrogen) atoms. The van der Waals surface area contributed by atoms with Gasteiger partial charge in [-0.25, -0.2) is 4.39 Å². The molecule has 2 aromatic heterocycles. The molecule has 148 valence electrons. The predicted molar refractivity (Wildman–Crippen MR) is 100.0 cm³/mol. The van der Waals surface area contributed by atoms with E-state index in [0.29, 0.717) is 43.6 Å². The van der Waals surface area contributed by atoms with Gasteiger partial charge in [0.2, 0.25) is 11.6 Å². The standard InChI is InChI=1S/C20H17FN4O4/c1-27-13-4-5-14(15(21)11-13)19(26)24-6-8-25(9-7-24)20-16(12-22)23-18(29-20)17-3-2-10-28-17/h2-5,10-11H,6-9H2,1H3. The van der Waals surface area contributed by atoms with E-state index in [1.807, 2.05) is 11.0 Å². The maximum absolute atomic E-state index is 14.2. The summed E-state index contributed by atoms with van der Waals surface area (Å²) in [7, 11) is 1.44. The summed E-state index contributed by atoms with van der Waals surface area (Å²) in [6.45, 7) is 1.55. The molecule has 4 rings (SSSR count). The van der Waals surface area contributed by atoms with Crippen LogP contribution in [0.2, 0.25) is 0 Å². The number of oxazole rings is 1. The third kappa shape index (κ3) is 3.52. The molecule has 1 aromatic carbocycles. The number of nitrogens with zero attached hydrogens (tertiary/aromatic N) is 4. The molecular formula is C20H17FN4O4. The number of carbonyl (C=O) groups excluding carboxylic acids is 1. The van der Waals surface area contributed by atoms with Gasteiger partial charge in [-0.2, -0.15) is 10.2 Å². The Balaban J connectivity index is 1.47. The number of ether oxygens (including phenoxy) is 1. The second-order valence-corrected chi connectivity index (χ2v) is 6.39. The van der Waals surface area contributed by atoms with Crippen molar-refractivity contribution in [3.8, 4) is 23.5 Å². The van der Waals surface area contributed by atoms with E-state index in [-0.39, 0.29) is 23.1 Å². The number of nitriles is 1. The third-order valence-corrected chi connectivity index (χ3v) is 4.71. The van der Waals surface area contributed by atoms with Crippen molar-refractivity contribution in [2.75, 3.05) is 38.2 Å². The van der Waals surface area contributed by atoms with Crippen LogP contribution in [0.4, 0.5) is 10.3 Å². The van der Waals surface area contributed by atoms with Crippen molar-refractivity contribution in [1.82, 2.24) is 9.88 Å². The highest BCUT2D eigenvalue weighted by Gasteiger charge is 2.28. The van der Waals surface area contributed by atoms with Gasteiger partial charge in [0.15, 0.2) is 5.76 Å². The number of hydrogen-bond acceptors (Lipinski definition) is 7. The fourth-order valence-electron chi connectivity index (χ4n) is 3.18. The molecule has 8 nitrogen and oxygen atoms in total. The third-order valence-electron chi connectivity index (χ3n) is 4.71. The van der Waals surface area contributed by atoms with Crippen LogP contribution in [0.5, 0.6) is 5.75 Å². The van der Waals surface area contributed by atoms with E-state index in [2.05, 4.69) is 4.98 Å². The number of methoxy groups -OCH3 is 1. The Morgan fingerprint density at radius 1 is 1.28 bits per heavy atom. The van der Waals surface area contributed by atoms with E-state index in [1.165, 1.54) is 25.5 Å². The number of amides is 1. The number of furan rings is 1. The van der Waals surface area contributed by atoms with Crippen LogP contribution in [0.15, 0.2) is 45.4 Å². The van der Waals surface area contributed by atoms with Gasteiger partial charge in [0.25, 0.3) is 11.8 Å². The SMILES string of the molecule is COc1ccc(C(=O)N2CCN(c3oc(-c4ccco4)nc3C#N)CC2)c(F)c1. The van der Waals surface area contributed by atoms with Crippen LogP contribution < -0.4 is 9.64 Å². The molecule has 0 radical (unpaired) electrons. The molecular weight excluding hydrogens is 379 g/mol. The molecule has 0 bridgehead atoms. The molecule has 1 saturated heterocycles. The Morgan fingerprint density at radius 3 is 2.69 bits per heavy atom. The molecule has 1 aliphatic rings. The van der Waals surface area contributed by atoms with Crippen molar-refractivity contribution in [2.45, 2.75) is 0 Å². The molecule has 0 saturated carbocycles. The van der Waals surface area contributed by atoms with Gasteiger partial charge in [0, 0.05) is 32.2 Å². The number of anilines is 1. The van der Waals surface area contributed by atoms with E-state index in [0.717, 1.165) is 0 Å². The maximum Gasteiger partial charge on any atom is 0.266 e.